The highest BCUT2D eigenvalue weighted by molar-refractivity contribution is 5.86. The van der Waals surface area contributed by atoms with E-state index in [1.165, 1.54) is 30.5 Å². The lowest BCUT2D eigenvalue weighted by molar-refractivity contribution is -0.384. The number of carbonyl (C=O) groups is 2. The highest BCUT2D eigenvalue weighted by Gasteiger charge is 2.06. The fraction of sp³-hybridized carbons (Fsp3) is 0.167. The Balaban J connectivity index is 1.69. The summed E-state index contributed by atoms with van der Waals surface area (Å²) in [6, 6.07) is 12.9. The van der Waals surface area contributed by atoms with Crippen molar-refractivity contribution in [2.24, 2.45) is 5.10 Å². The van der Waals surface area contributed by atoms with Crippen molar-refractivity contribution < 1.29 is 19.2 Å². The summed E-state index contributed by atoms with van der Waals surface area (Å²) >= 11 is 0. The monoisotopic (exact) mass is 370 g/mol. The molecule has 0 unspecified atom stereocenters. The first kappa shape index (κ1) is 19.6. The van der Waals surface area contributed by atoms with Crippen molar-refractivity contribution in [1.29, 1.82) is 0 Å². The molecule has 0 aromatic heterocycles. The van der Waals surface area contributed by atoms with Crippen molar-refractivity contribution in [1.82, 2.24) is 10.7 Å². The first-order chi connectivity index (χ1) is 12.9. The quantitative estimate of drug-likeness (QED) is 0.415. The standard InChI is InChI=1S/C18H18N4O5/c1-13-3-2-4-16(9-13)27-12-18(24)19-11-17(23)21-20-10-14-5-7-15(8-6-14)22(25)26/h2-10H,11-12H2,1H3,(H,19,24)(H,21,23)/b20-10-. The van der Waals surface area contributed by atoms with E-state index < -0.39 is 16.7 Å². The molecule has 0 saturated carbocycles. The molecule has 2 N–H and O–H groups in total. The van der Waals surface area contributed by atoms with Gasteiger partial charge in [0.15, 0.2) is 6.61 Å². The molecule has 0 aliphatic carbocycles. The van der Waals surface area contributed by atoms with Gasteiger partial charge < -0.3 is 10.1 Å². The number of hydrogen-bond donors (Lipinski definition) is 2. The summed E-state index contributed by atoms with van der Waals surface area (Å²) in [7, 11) is 0. The van der Waals surface area contributed by atoms with E-state index in [1.807, 2.05) is 19.1 Å². The van der Waals surface area contributed by atoms with Gasteiger partial charge in [0.1, 0.15) is 5.75 Å². The van der Waals surface area contributed by atoms with E-state index >= 15 is 0 Å². The van der Waals surface area contributed by atoms with Gasteiger partial charge in [-0.15, -0.1) is 0 Å². The summed E-state index contributed by atoms with van der Waals surface area (Å²) in [5, 5.41) is 16.7. The van der Waals surface area contributed by atoms with E-state index in [4.69, 9.17) is 4.74 Å². The van der Waals surface area contributed by atoms with Crippen LogP contribution in [0.15, 0.2) is 53.6 Å². The van der Waals surface area contributed by atoms with Crippen molar-refractivity contribution in [2.45, 2.75) is 6.92 Å². The van der Waals surface area contributed by atoms with Crippen LogP contribution >= 0.6 is 0 Å². The van der Waals surface area contributed by atoms with Gasteiger partial charge in [0.25, 0.3) is 17.5 Å². The third-order valence-corrected chi connectivity index (χ3v) is 3.31. The Kier molecular flexibility index (Phi) is 7.00. The van der Waals surface area contributed by atoms with E-state index in [0.717, 1.165) is 5.56 Å². The van der Waals surface area contributed by atoms with Gasteiger partial charge in [0.2, 0.25) is 0 Å². The summed E-state index contributed by atoms with van der Waals surface area (Å²) in [6.45, 7) is 1.45. The first-order valence-electron chi connectivity index (χ1n) is 7.96. The average Bonchev–Trinajstić information content (AvgIpc) is 2.65. The molecule has 0 atom stereocenters. The van der Waals surface area contributed by atoms with Crippen molar-refractivity contribution in [2.75, 3.05) is 13.2 Å². The number of hydrogen-bond acceptors (Lipinski definition) is 6. The van der Waals surface area contributed by atoms with Gasteiger partial charge in [-0.1, -0.05) is 12.1 Å². The number of nitrogens with one attached hydrogen (secondary N) is 2. The van der Waals surface area contributed by atoms with Gasteiger partial charge in [-0.05, 0) is 42.3 Å². The predicted octanol–water partition coefficient (Wildman–Crippen LogP) is 1.55. The molecule has 0 radical (unpaired) electrons. The number of nitrogens with zero attached hydrogens (tertiary/aromatic N) is 2. The molecule has 0 bridgehead atoms. The van der Waals surface area contributed by atoms with E-state index in [0.29, 0.717) is 11.3 Å². The fourth-order valence-electron chi connectivity index (χ4n) is 1.98. The molecule has 0 fully saturated rings. The number of nitro benzene ring substituents is 1. The number of benzene rings is 2. The van der Waals surface area contributed by atoms with Crippen LogP contribution in [0, 0.1) is 17.0 Å². The smallest absolute Gasteiger partial charge is 0.269 e. The minimum Gasteiger partial charge on any atom is -0.484 e. The highest BCUT2D eigenvalue weighted by atomic mass is 16.6. The molecule has 9 nitrogen and oxygen atoms in total. The van der Waals surface area contributed by atoms with Gasteiger partial charge in [-0.3, -0.25) is 19.7 Å². The largest absolute Gasteiger partial charge is 0.484 e. The molecule has 0 spiro atoms. The number of nitro groups is 1. The molecule has 2 aromatic carbocycles. The lowest BCUT2D eigenvalue weighted by atomic mass is 10.2. The Hall–Kier alpha value is -3.75. The van der Waals surface area contributed by atoms with Crippen molar-refractivity contribution in [3.8, 4) is 5.75 Å². The lowest BCUT2D eigenvalue weighted by Crippen LogP contribution is -2.37. The predicted molar refractivity (Wildman–Crippen MR) is 98.5 cm³/mol. The Bertz CT molecular complexity index is 849. The number of amides is 2. The van der Waals surface area contributed by atoms with Crippen LogP contribution in [0.3, 0.4) is 0 Å². The maximum atomic E-state index is 11.7. The first-order valence-corrected chi connectivity index (χ1v) is 7.96. The summed E-state index contributed by atoms with van der Waals surface area (Å²) in [5.74, 6) is -0.384. The fourth-order valence-corrected chi connectivity index (χ4v) is 1.98. The maximum Gasteiger partial charge on any atom is 0.269 e. The lowest BCUT2D eigenvalue weighted by Gasteiger charge is -2.07. The second-order valence-electron chi connectivity index (χ2n) is 5.52. The average molecular weight is 370 g/mol. The van der Waals surface area contributed by atoms with Gasteiger partial charge in [0, 0.05) is 12.1 Å². The molecule has 27 heavy (non-hydrogen) atoms. The SMILES string of the molecule is Cc1cccc(OCC(=O)NCC(=O)N/N=C\c2ccc([N+](=O)[O-])cc2)c1. The van der Waals surface area contributed by atoms with E-state index in [1.54, 1.807) is 12.1 Å². The topological polar surface area (TPSA) is 123 Å². The van der Waals surface area contributed by atoms with Crippen LogP contribution in [0.4, 0.5) is 5.69 Å². The van der Waals surface area contributed by atoms with Crippen molar-refractivity contribution in [3.05, 3.63) is 69.8 Å². The zero-order valence-corrected chi connectivity index (χ0v) is 14.5. The molecule has 0 aliphatic rings. The minimum absolute atomic E-state index is 0.0354. The van der Waals surface area contributed by atoms with Gasteiger partial charge >= 0.3 is 0 Å². The van der Waals surface area contributed by atoms with Gasteiger partial charge in [0.05, 0.1) is 17.7 Å². The van der Waals surface area contributed by atoms with E-state index in [9.17, 15) is 19.7 Å². The van der Waals surface area contributed by atoms with Gasteiger partial charge in [-0.25, -0.2) is 5.43 Å². The molecule has 0 saturated heterocycles. The minimum atomic E-state index is -0.517. The number of ether oxygens (including phenoxy) is 1. The Morgan fingerprint density at radius 1 is 1.19 bits per heavy atom. The van der Waals surface area contributed by atoms with Crippen LogP contribution in [0.1, 0.15) is 11.1 Å². The molecular weight excluding hydrogens is 352 g/mol. The molecule has 0 heterocycles. The third-order valence-electron chi connectivity index (χ3n) is 3.31. The number of rotatable bonds is 8. The zero-order valence-electron chi connectivity index (χ0n) is 14.5. The summed E-state index contributed by atoms with van der Waals surface area (Å²) in [4.78, 5) is 33.4. The molecular formula is C18H18N4O5. The maximum absolute atomic E-state index is 11.7. The number of hydrazone groups is 1. The number of carbonyl (C=O) groups excluding carboxylic acids is 2. The van der Waals surface area contributed by atoms with Crippen molar-refractivity contribution in [3.63, 3.8) is 0 Å². The normalized spacial score (nSPS) is 10.4. The van der Waals surface area contributed by atoms with Crippen LogP contribution < -0.4 is 15.5 Å². The molecule has 2 rings (SSSR count). The van der Waals surface area contributed by atoms with Crippen molar-refractivity contribution >= 4 is 23.7 Å². The Labute approximate surface area is 155 Å². The molecule has 0 aliphatic heterocycles. The van der Waals surface area contributed by atoms with Gasteiger partial charge in [-0.2, -0.15) is 5.10 Å². The molecule has 2 amide bonds. The molecule has 2 aromatic rings. The summed E-state index contributed by atoms with van der Waals surface area (Å²) in [5.41, 5.74) is 3.80. The van der Waals surface area contributed by atoms with Crippen LogP contribution in [-0.4, -0.2) is 36.1 Å². The van der Waals surface area contributed by atoms with Crippen LogP contribution in [-0.2, 0) is 9.59 Å². The second-order valence-corrected chi connectivity index (χ2v) is 5.52. The zero-order chi connectivity index (χ0) is 19.6. The molecule has 9 heteroatoms. The van der Waals surface area contributed by atoms with E-state index in [2.05, 4.69) is 15.8 Å². The molecule has 140 valence electrons. The van der Waals surface area contributed by atoms with Crippen LogP contribution in [0.2, 0.25) is 0 Å². The van der Waals surface area contributed by atoms with Crippen LogP contribution in [0.25, 0.3) is 0 Å². The Morgan fingerprint density at radius 3 is 2.59 bits per heavy atom. The number of aryl methyl sites for hydroxylation is 1. The van der Waals surface area contributed by atoms with E-state index in [-0.39, 0.29) is 18.8 Å². The number of non-ortho nitro benzene ring substituents is 1. The Morgan fingerprint density at radius 2 is 1.93 bits per heavy atom. The highest BCUT2D eigenvalue weighted by Crippen LogP contribution is 2.12. The van der Waals surface area contributed by atoms with Crippen LogP contribution in [0.5, 0.6) is 5.75 Å². The summed E-state index contributed by atoms with van der Waals surface area (Å²) in [6.07, 6.45) is 1.34. The third kappa shape index (κ3) is 6.94. The summed E-state index contributed by atoms with van der Waals surface area (Å²) < 4.78 is 5.33. The second kappa shape index (κ2) is 9.66.